The van der Waals surface area contributed by atoms with Crippen molar-refractivity contribution in [2.45, 2.75) is 13.8 Å². The Morgan fingerprint density at radius 3 is 3.00 bits per heavy atom. The van der Waals surface area contributed by atoms with E-state index in [2.05, 4.69) is 21.4 Å². The number of hydrogen-bond donors (Lipinski definition) is 1. The van der Waals surface area contributed by atoms with Gasteiger partial charge in [0.25, 0.3) is 0 Å². The molecule has 0 saturated carbocycles. The number of rotatable bonds is 0. The molecule has 1 aromatic rings. The summed E-state index contributed by atoms with van der Waals surface area (Å²) in [4.78, 5) is 8.59. The van der Waals surface area contributed by atoms with Gasteiger partial charge in [0, 0.05) is 6.54 Å². The maximum absolute atomic E-state index is 4.31. The third kappa shape index (κ3) is 1.07. The number of aryl methyl sites for hydroxylation is 2. The van der Waals surface area contributed by atoms with Gasteiger partial charge in [-0.2, -0.15) is 0 Å². The first kappa shape index (κ1) is 7.28. The van der Waals surface area contributed by atoms with Crippen LogP contribution >= 0.6 is 0 Å². The standard InChI is InChI=1S/C9H11N3/c1-6-9-8(4-3-5-10-9)12-7(2)11-6/h3-4,10H,5H2,1-2H3. The zero-order valence-electron chi connectivity index (χ0n) is 7.26. The van der Waals surface area contributed by atoms with E-state index in [1.54, 1.807) is 0 Å². The smallest absolute Gasteiger partial charge is 0.126 e. The van der Waals surface area contributed by atoms with E-state index in [1.807, 2.05) is 19.9 Å². The highest BCUT2D eigenvalue weighted by Gasteiger charge is 2.08. The minimum absolute atomic E-state index is 0.833. The van der Waals surface area contributed by atoms with Gasteiger partial charge in [0.2, 0.25) is 0 Å². The second-order valence-electron chi connectivity index (χ2n) is 2.90. The fraction of sp³-hybridized carbons (Fsp3) is 0.333. The minimum Gasteiger partial charge on any atom is -0.378 e. The zero-order valence-corrected chi connectivity index (χ0v) is 7.26. The largest absolute Gasteiger partial charge is 0.378 e. The first-order chi connectivity index (χ1) is 5.77. The Bertz CT molecular complexity index is 342. The molecule has 0 radical (unpaired) electrons. The minimum atomic E-state index is 0.833. The molecular formula is C9H11N3. The van der Waals surface area contributed by atoms with Crippen molar-refractivity contribution in [3.8, 4) is 0 Å². The Hall–Kier alpha value is -1.38. The first-order valence-corrected chi connectivity index (χ1v) is 4.03. The summed E-state index contributed by atoms with van der Waals surface area (Å²) in [6.07, 6.45) is 4.10. The molecule has 2 heterocycles. The molecule has 0 fully saturated rings. The first-order valence-electron chi connectivity index (χ1n) is 4.03. The Morgan fingerprint density at radius 2 is 2.17 bits per heavy atom. The van der Waals surface area contributed by atoms with Crippen LogP contribution in [-0.4, -0.2) is 16.5 Å². The van der Waals surface area contributed by atoms with E-state index in [4.69, 9.17) is 0 Å². The molecule has 0 saturated heterocycles. The Morgan fingerprint density at radius 1 is 1.33 bits per heavy atom. The lowest BCUT2D eigenvalue weighted by molar-refractivity contribution is 0.993. The molecule has 3 nitrogen and oxygen atoms in total. The molecule has 0 amide bonds. The maximum Gasteiger partial charge on any atom is 0.126 e. The lowest BCUT2D eigenvalue weighted by Crippen LogP contribution is -2.10. The molecule has 1 N–H and O–H groups in total. The van der Waals surface area contributed by atoms with Crippen molar-refractivity contribution < 1.29 is 0 Å². The van der Waals surface area contributed by atoms with Crippen LogP contribution in [0.2, 0.25) is 0 Å². The lowest BCUT2D eigenvalue weighted by Gasteiger charge is -2.14. The average molecular weight is 161 g/mol. The van der Waals surface area contributed by atoms with Crippen molar-refractivity contribution in [2.75, 3.05) is 11.9 Å². The van der Waals surface area contributed by atoms with Crippen molar-refractivity contribution in [2.24, 2.45) is 0 Å². The number of aromatic nitrogens is 2. The van der Waals surface area contributed by atoms with E-state index in [0.29, 0.717) is 0 Å². The molecule has 12 heavy (non-hydrogen) atoms. The van der Waals surface area contributed by atoms with Crippen molar-refractivity contribution in [1.29, 1.82) is 0 Å². The predicted octanol–water partition coefficient (Wildman–Crippen LogP) is 1.53. The molecule has 0 aliphatic carbocycles. The van der Waals surface area contributed by atoms with Gasteiger partial charge in [0.1, 0.15) is 5.82 Å². The molecule has 0 spiro atoms. The molecular weight excluding hydrogens is 150 g/mol. The Balaban J connectivity index is 2.62. The quantitative estimate of drug-likeness (QED) is 0.627. The van der Waals surface area contributed by atoms with Crippen LogP contribution < -0.4 is 5.32 Å². The van der Waals surface area contributed by atoms with Gasteiger partial charge in [0.15, 0.2) is 0 Å². The van der Waals surface area contributed by atoms with Crippen LogP contribution in [0.15, 0.2) is 6.08 Å². The predicted molar refractivity (Wildman–Crippen MR) is 49.0 cm³/mol. The second kappa shape index (κ2) is 2.59. The van der Waals surface area contributed by atoms with Gasteiger partial charge in [-0.1, -0.05) is 6.08 Å². The fourth-order valence-corrected chi connectivity index (χ4v) is 1.41. The second-order valence-corrected chi connectivity index (χ2v) is 2.90. The summed E-state index contributed by atoms with van der Waals surface area (Å²) in [6, 6.07) is 0. The Labute approximate surface area is 71.5 Å². The summed E-state index contributed by atoms with van der Waals surface area (Å²) in [5.41, 5.74) is 3.11. The third-order valence-corrected chi connectivity index (χ3v) is 1.90. The molecule has 0 aromatic carbocycles. The summed E-state index contributed by atoms with van der Waals surface area (Å²) in [5, 5.41) is 3.25. The van der Waals surface area contributed by atoms with Crippen LogP contribution in [0.25, 0.3) is 6.08 Å². The highest BCUT2D eigenvalue weighted by molar-refractivity contribution is 5.68. The molecule has 1 aliphatic rings. The summed E-state index contributed by atoms with van der Waals surface area (Å²) in [7, 11) is 0. The van der Waals surface area contributed by atoms with Crippen LogP contribution in [0.3, 0.4) is 0 Å². The monoisotopic (exact) mass is 161 g/mol. The van der Waals surface area contributed by atoms with Crippen LogP contribution in [0.5, 0.6) is 0 Å². The number of nitrogens with zero attached hydrogens (tertiary/aromatic N) is 2. The van der Waals surface area contributed by atoms with E-state index in [9.17, 15) is 0 Å². The van der Waals surface area contributed by atoms with E-state index in [0.717, 1.165) is 29.4 Å². The third-order valence-electron chi connectivity index (χ3n) is 1.90. The van der Waals surface area contributed by atoms with Crippen molar-refractivity contribution >= 4 is 11.8 Å². The van der Waals surface area contributed by atoms with Gasteiger partial charge in [-0.15, -0.1) is 0 Å². The number of nitrogens with one attached hydrogen (secondary N) is 1. The molecule has 0 unspecified atom stereocenters. The molecule has 3 heteroatoms. The van der Waals surface area contributed by atoms with Crippen molar-refractivity contribution in [1.82, 2.24) is 9.97 Å². The van der Waals surface area contributed by atoms with Crippen LogP contribution in [0.4, 0.5) is 5.69 Å². The molecule has 0 bridgehead atoms. The molecule has 0 atom stereocenters. The average Bonchev–Trinajstić information content (AvgIpc) is 2.04. The lowest BCUT2D eigenvalue weighted by atomic mass is 10.2. The molecule has 1 aromatic heterocycles. The van der Waals surface area contributed by atoms with Gasteiger partial charge in [-0.25, -0.2) is 9.97 Å². The van der Waals surface area contributed by atoms with E-state index in [1.165, 1.54) is 0 Å². The van der Waals surface area contributed by atoms with E-state index < -0.39 is 0 Å². The normalized spacial score (nSPS) is 13.8. The van der Waals surface area contributed by atoms with Crippen molar-refractivity contribution in [3.63, 3.8) is 0 Å². The Kier molecular flexibility index (Phi) is 1.57. The summed E-state index contributed by atoms with van der Waals surface area (Å²) in [6.45, 7) is 4.79. The molecule has 1 aliphatic heterocycles. The van der Waals surface area contributed by atoms with E-state index >= 15 is 0 Å². The summed E-state index contributed by atoms with van der Waals surface area (Å²) >= 11 is 0. The summed E-state index contributed by atoms with van der Waals surface area (Å²) < 4.78 is 0. The topological polar surface area (TPSA) is 37.8 Å². The molecule has 2 rings (SSSR count). The van der Waals surface area contributed by atoms with Crippen LogP contribution in [-0.2, 0) is 0 Å². The number of hydrogen-bond acceptors (Lipinski definition) is 3. The van der Waals surface area contributed by atoms with Gasteiger partial charge >= 0.3 is 0 Å². The van der Waals surface area contributed by atoms with Gasteiger partial charge in [-0.05, 0) is 19.9 Å². The maximum atomic E-state index is 4.31. The fourth-order valence-electron chi connectivity index (χ4n) is 1.41. The zero-order chi connectivity index (χ0) is 8.55. The summed E-state index contributed by atoms with van der Waals surface area (Å²) in [5.74, 6) is 0.833. The van der Waals surface area contributed by atoms with Gasteiger partial charge in [-0.3, -0.25) is 0 Å². The van der Waals surface area contributed by atoms with Crippen LogP contribution in [0, 0.1) is 13.8 Å². The van der Waals surface area contributed by atoms with Gasteiger partial charge < -0.3 is 5.32 Å². The van der Waals surface area contributed by atoms with Crippen molar-refractivity contribution in [3.05, 3.63) is 23.3 Å². The van der Waals surface area contributed by atoms with Gasteiger partial charge in [0.05, 0.1) is 17.1 Å². The highest BCUT2D eigenvalue weighted by Crippen LogP contribution is 2.21. The highest BCUT2D eigenvalue weighted by atomic mass is 15.0. The van der Waals surface area contributed by atoms with Crippen LogP contribution in [0.1, 0.15) is 17.2 Å². The van der Waals surface area contributed by atoms with E-state index in [-0.39, 0.29) is 0 Å². The number of fused-ring (bicyclic) bond motifs is 1. The number of anilines is 1. The molecule has 62 valence electrons. The SMILES string of the molecule is Cc1nc(C)c2c(n1)C=CCN2.